The molecule has 1 spiro atoms. The van der Waals surface area contributed by atoms with E-state index in [9.17, 15) is 18.7 Å². The van der Waals surface area contributed by atoms with Crippen molar-refractivity contribution in [1.82, 2.24) is 15.0 Å². The Morgan fingerprint density at radius 2 is 2.04 bits per heavy atom. The minimum absolute atomic E-state index is 0.0216. The van der Waals surface area contributed by atoms with E-state index in [1.807, 2.05) is 6.07 Å². The molecule has 7 heterocycles. The number of rotatable bonds is 6. The van der Waals surface area contributed by atoms with E-state index in [0.717, 1.165) is 12.8 Å². The minimum atomic E-state index is -2.98. The molecule has 4 aliphatic rings. The van der Waals surface area contributed by atoms with Gasteiger partial charge in [-0.2, -0.15) is 0 Å². The summed E-state index contributed by atoms with van der Waals surface area (Å²) < 4.78 is 58.0. The molecule has 1 N–H and O–H groups in total. The van der Waals surface area contributed by atoms with Crippen LogP contribution in [0.1, 0.15) is 44.0 Å². The largest absolute Gasteiger partial charge is 0.480 e. The van der Waals surface area contributed by atoms with Gasteiger partial charge in [-0.25, -0.2) is 28.5 Å². The molecule has 0 bridgehead atoms. The molecule has 4 aliphatic heterocycles. The first-order valence-electron chi connectivity index (χ1n) is 16.0. The highest BCUT2D eigenvalue weighted by atomic mass is 19.3. The number of nitrogens with zero attached hydrogens (tertiary/aromatic N) is 5. The zero-order valence-corrected chi connectivity index (χ0v) is 26.1. The van der Waals surface area contributed by atoms with Gasteiger partial charge in [-0.15, -0.1) is 0 Å². The quantitative estimate of drug-likeness (QED) is 0.295. The third kappa shape index (κ3) is 5.35. The zero-order chi connectivity index (χ0) is 33.0. The van der Waals surface area contributed by atoms with Crippen molar-refractivity contribution in [3.8, 4) is 17.7 Å². The van der Waals surface area contributed by atoms with Gasteiger partial charge in [0.25, 0.3) is 6.43 Å². The summed E-state index contributed by atoms with van der Waals surface area (Å²) in [6.45, 7) is 4.79. The highest BCUT2D eigenvalue weighted by Gasteiger charge is 2.50. The van der Waals surface area contributed by atoms with E-state index in [1.54, 1.807) is 30.5 Å². The van der Waals surface area contributed by atoms with Gasteiger partial charge in [0.15, 0.2) is 17.2 Å². The molecular formula is C34H33F2N5O7. The van der Waals surface area contributed by atoms with Crippen molar-refractivity contribution in [2.45, 2.75) is 62.5 Å². The molecule has 4 atom stereocenters. The second-order valence-corrected chi connectivity index (χ2v) is 12.6. The molecule has 14 heteroatoms. The highest BCUT2D eigenvalue weighted by Crippen LogP contribution is 2.41. The number of hydrogen-bond acceptors (Lipinski definition) is 11. The molecule has 4 aromatic rings. The average Bonchev–Trinajstić information content (AvgIpc) is 3.82. The first-order chi connectivity index (χ1) is 23.3. The van der Waals surface area contributed by atoms with Crippen LogP contribution in [0.15, 0.2) is 40.9 Å². The van der Waals surface area contributed by atoms with Crippen LogP contribution in [0.4, 0.5) is 20.3 Å². The summed E-state index contributed by atoms with van der Waals surface area (Å²) in [6.07, 6.45) is -0.246. The molecule has 48 heavy (non-hydrogen) atoms. The summed E-state index contributed by atoms with van der Waals surface area (Å²) in [5, 5.41) is 10.8. The Morgan fingerprint density at radius 1 is 1.19 bits per heavy atom. The Bertz CT molecular complexity index is 1930. The van der Waals surface area contributed by atoms with Gasteiger partial charge in [0, 0.05) is 36.7 Å². The Hall–Kier alpha value is -4.58. The van der Waals surface area contributed by atoms with Crippen LogP contribution in [0.5, 0.6) is 5.88 Å². The van der Waals surface area contributed by atoms with Crippen molar-refractivity contribution in [1.29, 1.82) is 0 Å². The Balaban J connectivity index is 1.14. The fraction of sp³-hybridized carbons (Fsp3) is 0.471. The van der Waals surface area contributed by atoms with Crippen molar-refractivity contribution in [2.24, 2.45) is 0 Å². The maximum absolute atomic E-state index is 14.0. The number of ether oxygens (including phenoxy) is 4. The topological polar surface area (TPSA) is 133 Å². The fourth-order valence-corrected chi connectivity index (χ4v) is 6.96. The van der Waals surface area contributed by atoms with E-state index < -0.39 is 36.0 Å². The second-order valence-electron chi connectivity index (χ2n) is 12.6. The van der Waals surface area contributed by atoms with E-state index in [4.69, 9.17) is 23.4 Å². The summed E-state index contributed by atoms with van der Waals surface area (Å²) >= 11 is 0. The molecule has 1 unspecified atom stereocenters. The number of anilines is 2. The molecule has 0 aliphatic carbocycles. The van der Waals surface area contributed by atoms with Gasteiger partial charge in [-0.05, 0) is 38.0 Å². The summed E-state index contributed by atoms with van der Waals surface area (Å²) in [4.78, 5) is 29.1. The van der Waals surface area contributed by atoms with Gasteiger partial charge in [-0.3, -0.25) is 0 Å². The molecule has 4 fully saturated rings. The molecular weight excluding hydrogens is 628 g/mol. The van der Waals surface area contributed by atoms with Gasteiger partial charge in [0.1, 0.15) is 40.6 Å². The number of carbonyl (C=O) groups is 1. The van der Waals surface area contributed by atoms with Gasteiger partial charge >= 0.3 is 5.97 Å². The van der Waals surface area contributed by atoms with Crippen molar-refractivity contribution in [2.75, 3.05) is 49.3 Å². The van der Waals surface area contributed by atoms with E-state index in [0.29, 0.717) is 61.1 Å². The maximum atomic E-state index is 14.0. The smallest absolute Gasteiger partial charge is 0.326 e. The average molecular weight is 662 g/mol. The summed E-state index contributed by atoms with van der Waals surface area (Å²) in [5.74, 6) is 4.81. The number of furan rings is 1. The van der Waals surface area contributed by atoms with Gasteiger partial charge in [0.05, 0.1) is 32.4 Å². The lowest BCUT2D eigenvalue weighted by atomic mass is 9.90. The number of carboxylic acid groups (broad SMARTS) is 1. The van der Waals surface area contributed by atoms with E-state index in [1.165, 1.54) is 4.90 Å². The van der Waals surface area contributed by atoms with Crippen molar-refractivity contribution in [3.63, 3.8) is 0 Å². The lowest BCUT2D eigenvalue weighted by Crippen LogP contribution is -2.68. The number of pyridine rings is 1. The number of fused-ring (bicyclic) bond motifs is 3. The monoisotopic (exact) mass is 661 g/mol. The van der Waals surface area contributed by atoms with E-state index in [2.05, 4.69) is 38.6 Å². The minimum Gasteiger partial charge on any atom is -0.480 e. The first-order valence-corrected chi connectivity index (χ1v) is 16.0. The molecule has 8 rings (SSSR count). The Kier molecular flexibility index (Phi) is 7.77. The van der Waals surface area contributed by atoms with Crippen LogP contribution in [-0.2, 0) is 19.0 Å². The highest BCUT2D eigenvalue weighted by molar-refractivity contribution is 6.06. The number of aromatic nitrogens is 3. The van der Waals surface area contributed by atoms with Gasteiger partial charge in [0.2, 0.25) is 5.88 Å². The van der Waals surface area contributed by atoms with Crippen LogP contribution in [-0.4, -0.2) is 95.4 Å². The van der Waals surface area contributed by atoms with Crippen LogP contribution in [0.2, 0.25) is 0 Å². The van der Waals surface area contributed by atoms with E-state index >= 15 is 0 Å². The molecule has 0 radical (unpaired) electrons. The van der Waals surface area contributed by atoms with Crippen LogP contribution < -0.4 is 14.5 Å². The third-order valence-electron chi connectivity index (χ3n) is 9.60. The fourth-order valence-electron chi connectivity index (χ4n) is 6.96. The van der Waals surface area contributed by atoms with Crippen LogP contribution >= 0.6 is 0 Å². The normalized spacial score (nSPS) is 25.1. The van der Waals surface area contributed by atoms with E-state index in [-0.39, 0.29) is 42.0 Å². The number of alkyl halides is 2. The second kappa shape index (κ2) is 12.1. The first kappa shape index (κ1) is 30.7. The third-order valence-corrected chi connectivity index (χ3v) is 9.60. The number of benzene rings is 1. The number of para-hydroxylation sites is 1. The van der Waals surface area contributed by atoms with Crippen LogP contribution in [0, 0.1) is 11.8 Å². The number of carboxylic acids is 1. The number of morpholine rings is 1. The van der Waals surface area contributed by atoms with Crippen LogP contribution in [0.25, 0.3) is 22.1 Å². The summed E-state index contributed by atoms with van der Waals surface area (Å²) in [6, 6.07) is 7.63. The number of hydrogen-bond donors (Lipinski definition) is 1. The molecule has 3 aromatic heterocycles. The zero-order valence-electron chi connectivity index (χ0n) is 26.1. The Labute approximate surface area is 273 Å². The SMILES string of the molecule is C[C@@H]1N(c2cc(C#CC3CCCO3)cnc2O[C@H]2C[C@@H](C(=O)O)N(c3nc(C(F)F)nc4c3oc3ccccc34)C2)CCOC12COC2. The van der Waals surface area contributed by atoms with Crippen molar-refractivity contribution in [3.05, 3.63) is 47.9 Å². The number of aliphatic carboxylic acids is 1. The molecule has 1 aromatic carbocycles. The molecule has 4 saturated heterocycles. The van der Waals surface area contributed by atoms with Crippen LogP contribution in [0.3, 0.4) is 0 Å². The standard InChI is InChI=1S/C34H33F2N5O7/c1-19-34(17-44-18-34)46-12-10-40(19)24-13-20(8-9-21-5-4-11-45-21)15-37-32(24)47-22-14-25(33(42)43)41(16-22)31-28-27(38-30(39-31)29(35)36)23-6-2-3-7-26(23)48-28/h2-3,6-7,13,15,19,21-22,25,29H,4-5,10-12,14,16-18H2,1H3,(H,42,43)/t19-,21?,22-,25-/m0/s1. The van der Waals surface area contributed by atoms with Crippen molar-refractivity contribution < 1.29 is 42.0 Å². The number of halogens is 2. The van der Waals surface area contributed by atoms with Gasteiger partial charge < -0.3 is 38.3 Å². The lowest BCUT2D eigenvalue weighted by Gasteiger charge is -2.53. The Morgan fingerprint density at radius 3 is 2.79 bits per heavy atom. The predicted molar refractivity (Wildman–Crippen MR) is 168 cm³/mol. The lowest BCUT2D eigenvalue weighted by molar-refractivity contribution is -0.228. The molecule has 250 valence electrons. The van der Waals surface area contributed by atoms with Crippen molar-refractivity contribution >= 4 is 39.5 Å². The predicted octanol–water partition coefficient (Wildman–Crippen LogP) is 4.34. The molecule has 0 saturated carbocycles. The molecule has 12 nitrogen and oxygen atoms in total. The molecule has 0 amide bonds. The summed E-state index contributed by atoms with van der Waals surface area (Å²) in [7, 11) is 0. The maximum Gasteiger partial charge on any atom is 0.326 e. The summed E-state index contributed by atoms with van der Waals surface area (Å²) in [5.41, 5.74) is 1.69. The van der Waals surface area contributed by atoms with Gasteiger partial charge in [-0.1, -0.05) is 24.0 Å².